The second-order valence-electron chi connectivity index (χ2n) is 13.6. The molecule has 0 amide bonds. The van der Waals surface area contributed by atoms with Gasteiger partial charge in [-0.2, -0.15) is 0 Å². The second kappa shape index (κ2) is 13.3. The number of para-hydroxylation sites is 1. The lowest BCUT2D eigenvalue weighted by molar-refractivity contribution is -0.228. The van der Waals surface area contributed by atoms with Crippen molar-refractivity contribution in [1.82, 2.24) is 19.9 Å². The molecule has 8 rings (SSSR count). The summed E-state index contributed by atoms with van der Waals surface area (Å²) in [5, 5.41) is 11.3. The number of nitrogens with zero attached hydrogens (tertiary/aromatic N) is 6. The molecule has 3 fully saturated rings. The van der Waals surface area contributed by atoms with Crippen molar-refractivity contribution in [3.05, 3.63) is 77.5 Å². The molecule has 1 aromatic carbocycles. The number of aliphatic carboxylic acids is 1. The fraction of sp³-hybridized carbons (Fsp3) is 0.395. The average Bonchev–Trinajstić information content (AvgIpc) is 3.72. The number of morpholine rings is 1. The van der Waals surface area contributed by atoms with Crippen molar-refractivity contribution >= 4 is 39.5 Å². The van der Waals surface area contributed by atoms with Crippen LogP contribution in [0.3, 0.4) is 0 Å². The highest BCUT2D eigenvalue weighted by molar-refractivity contribution is 6.06. The van der Waals surface area contributed by atoms with Gasteiger partial charge in [-0.1, -0.05) is 37.8 Å². The molecule has 3 saturated heterocycles. The molecule has 0 bridgehead atoms. The van der Waals surface area contributed by atoms with E-state index in [4.69, 9.17) is 28.6 Å². The summed E-state index contributed by atoms with van der Waals surface area (Å²) in [5.41, 5.74) is 2.01. The van der Waals surface area contributed by atoms with Crippen molar-refractivity contribution in [2.75, 3.05) is 42.7 Å². The van der Waals surface area contributed by atoms with E-state index < -0.39 is 30.1 Å². The molecule has 0 aliphatic carbocycles. The van der Waals surface area contributed by atoms with Crippen LogP contribution in [0, 0.1) is 11.8 Å². The molecule has 52 heavy (non-hydrogen) atoms. The molecule has 14 heteroatoms. The number of hydrogen-bond donors (Lipinski definition) is 1. The summed E-state index contributed by atoms with van der Waals surface area (Å²) in [6, 6.07) is 11.3. The first kappa shape index (κ1) is 33.7. The number of anilines is 2. The Hall–Kier alpha value is -5.39. The summed E-state index contributed by atoms with van der Waals surface area (Å²) in [7, 11) is 0. The fourth-order valence-electron chi connectivity index (χ4n) is 7.10. The SMILES string of the molecule is CC(C)c1nc(N2C[C@@H](Oc3ncc(C#Cc4cccnc4C(F)F)cc3N3CCOC4(COC4)[C@@H]3C)C[C@H]2C(=O)O)c2oc3ccccc3c2n1. The highest BCUT2D eigenvalue weighted by Crippen LogP contribution is 2.41. The maximum Gasteiger partial charge on any atom is 0.326 e. The third kappa shape index (κ3) is 5.93. The van der Waals surface area contributed by atoms with Gasteiger partial charge in [-0.3, -0.25) is 4.98 Å². The van der Waals surface area contributed by atoms with E-state index in [1.165, 1.54) is 18.5 Å². The Morgan fingerprint density at radius 2 is 1.92 bits per heavy atom. The van der Waals surface area contributed by atoms with Gasteiger partial charge in [0.2, 0.25) is 5.88 Å². The summed E-state index contributed by atoms with van der Waals surface area (Å²) >= 11 is 0. The topological polar surface area (TPSA) is 136 Å². The van der Waals surface area contributed by atoms with Gasteiger partial charge in [0.05, 0.1) is 38.0 Å². The average molecular weight is 711 g/mol. The molecule has 12 nitrogen and oxygen atoms in total. The predicted molar refractivity (Wildman–Crippen MR) is 187 cm³/mol. The minimum absolute atomic E-state index is 0.0249. The molecule has 0 radical (unpaired) electrons. The monoisotopic (exact) mass is 710 g/mol. The van der Waals surface area contributed by atoms with E-state index in [1.54, 1.807) is 11.0 Å². The number of carboxylic acids is 1. The van der Waals surface area contributed by atoms with Crippen LogP contribution in [-0.2, 0) is 14.3 Å². The van der Waals surface area contributed by atoms with Crippen LogP contribution < -0.4 is 14.5 Å². The molecule has 7 heterocycles. The number of hydrogen-bond acceptors (Lipinski definition) is 11. The van der Waals surface area contributed by atoms with Gasteiger partial charge < -0.3 is 33.5 Å². The lowest BCUT2D eigenvalue weighted by atomic mass is 9.90. The smallest absolute Gasteiger partial charge is 0.326 e. The van der Waals surface area contributed by atoms with Crippen LogP contribution in [0.5, 0.6) is 5.88 Å². The first-order valence-corrected chi connectivity index (χ1v) is 17.2. The lowest BCUT2D eigenvalue weighted by Gasteiger charge is -2.53. The zero-order valence-electron chi connectivity index (χ0n) is 28.8. The van der Waals surface area contributed by atoms with Crippen molar-refractivity contribution in [2.24, 2.45) is 0 Å². The molecule has 4 aromatic heterocycles. The molecule has 3 atom stereocenters. The number of carboxylic acid groups (broad SMARTS) is 1. The Morgan fingerprint density at radius 3 is 2.67 bits per heavy atom. The van der Waals surface area contributed by atoms with Crippen LogP contribution in [-0.4, -0.2) is 87.7 Å². The van der Waals surface area contributed by atoms with E-state index in [0.29, 0.717) is 71.8 Å². The summed E-state index contributed by atoms with van der Waals surface area (Å²) in [4.78, 5) is 34.8. The molecule has 1 spiro atoms. The highest BCUT2D eigenvalue weighted by atomic mass is 19.3. The Kier molecular flexibility index (Phi) is 8.63. The number of furan rings is 1. The quantitative estimate of drug-likeness (QED) is 0.207. The molecule has 5 aromatic rings. The first-order valence-electron chi connectivity index (χ1n) is 17.2. The fourth-order valence-corrected chi connectivity index (χ4v) is 7.10. The van der Waals surface area contributed by atoms with Crippen molar-refractivity contribution in [2.45, 2.75) is 63.3 Å². The predicted octanol–water partition coefficient (Wildman–Crippen LogP) is 5.73. The summed E-state index contributed by atoms with van der Waals surface area (Å²) in [5.74, 6) is 6.03. The third-order valence-corrected chi connectivity index (χ3v) is 10.0. The zero-order valence-corrected chi connectivity index (χ0v) is 28.8. The number of alkyl halides is 2. The number of fused-ring (bicyclic) bond motifs is 3. The van der Waals surface area contributed by atoms with E-state index in [2.05, 4.69) is 26.7 Å². The van der Waals surface area contributed by atoms with Gasteiger partial charge in [0.15, 0.2) is 11.4 Å². The van der Waals surface area contributed by atoms with Crippen LogP contribution in [0.1, 0.15) is 62.2 Å². The van der Waals surface area contributed by atoms with Crippen molar-refractivity contribution < 1.29 is 37.3 Å². The van der Waals surface area contributed by atoms with Crippen molar-refractivity contribution in [1.29, 1.82) is 0 Å². The molecule has 0 saturated carbocycles. The van der Waals surface area contributed by atoms with Crippen LogP contribution >= 0.6 is 0 Å². The lowest BCUT2D eigenvalue weighted by Crippen LogP contribution is -2.68. The van der Waals surface area contributed by atoms with Crippen molar-refractivity contribution in [3.8, 4) is 17.7 Å². The second-order valence-corrected chi connectivity index (χ2v) is 13.6. The zero-order chi connectivity index (χ0) is 36.1. The maximum atomic E-state index is 13.6. The number of carbonyl (C=O) groups is 1. The normalized spacial score (nSPS) is 21.2. The summed E-state index contributed by atoms with van der Waals surface area (Å²) in [6.45, 7) is 8.05. The minimum Gasteiger partial charge on any atom is -0.480 e. The van der Waals surface area contributed by atoms with E-state index in [1.807, 2.05) is 51.1 Å². The van der Waals surface area contributed by atoms with Gasteiger partial charge >= 0.3 is 5.97 Å². The Balaban J connectivity index is 1.16. The van der Waals surface area contributed by atoms with Gasteiger partial charge in [0.1, 0.15) is 46.1 Å². The van der Waals surface area contributed by atoms with Gasteiger partial charge in [0.25, 0.3) is 6.43 Å². The molecule has 268 valence electrons. The largest absolute Gasteiger partial charge is 0.480 e. The summed E-state index contributed by atoms with van der Waals surface area (Å²) < 4.78 is 51.8. The molecule has 3 aliphatic heterocycles. The van der Waals surface area contributed by atoms with E-state index >= 15 is 0 Å². The van der Waals surface area contributed by atoms with Gasteiger partial charge in [-0.15, -0.1) is 0 Å². The molecule has 0 unspecified atom stereocenters. The number of benzene rings is 1. The van der Waals surface area contributed by atoms with E-state index in [0.717, 1.165) is 5.39 Å². The molecular formula is C38H36F2N6O6. The molecule has 1 N–H and O–H groups in total. The number of ether oxygens (including phenoxy) is 3. The third-order valence-electron chi connectivity index (χ3n) is 10.0. The number of pyridine rings is 2. The highest BCUT2D eigenvalue weighted by Gasteiger charge is 2.50. The standard InChI is InChI=1S/C38H36F2N6O6/c1-21(2)34-43-31-26-8-4-5-9-29(26)52-32(31)35(44-34)46-18-25(16-28(46)37(47)48)51-36-27(45-13-14-50-38(22(45)3)19-49-20-38)15-23(17-42-36)10-11-24-7-6-12-41-30(24)33(39)40/h4-9,12,15,17,21-22,25,28,33H,13-14,16,18-20H2,1-3H3,(H,47,48)/t22-,25-,28-/m0/s1. The van der Waals surface area contributed by atoms with E-state index in [-0.39, 0.29) is 36.2 Å². The van der Waals surface area contributed by atoms with Crippen LogP contribution in [0.25, 0.3) is 22.1 Å². The molecule has 3 aliphatic rings. The Morgan fingerprint density at radius 1 is 1.10 bits per heavy atom. The number of aromatic nitrogens is 4. The summed E-state index contributed by atoms with van der Waals surface area (Å²) in [6.07, 6.45) is -0.384. The van der Waals surface area contributed by atoms with Crippen molar-refractivity contribution in [3.63, 3.8) is 0 Å². The van der Waals surface area contributed by atoms with Gasteiger partial charge in [0, 0.05) is 42.2 Å². The van der Waals surface area contributed by atoms with Gasteiger partial charge in [-0.05, 0) is 37.3 Å². The Bertz CT molecular complexity index is 2230. The Labute approximate surface area is 297 Å². The maximum absolute atomic E-state index is 13.6. The van der Waals surface area contributed by atoms with Crippen LogP contribution in [0.15, 0.2) is 59.3 Å². The van der Waals surface area contributed by atoms with Crippen LogP contribution in [0.2, 0.25) is 0 Å². The minimum atomic E-state index is -2.77. The first-order chi connectivity index (χ1) is 25.1. The van der Waals surface area contributed by atoms with Gasteiger partial charge in [-0.25, -0.2) is 28.5 Å². The molecular weight excluding hydrogens is 674 g/mol. The number of rotatable bonds is 7. The van der Waals surface area contributed by atoms with E-state index in [9.17, 15) is 18.7 Å². The van der Waals surface area contributed by atoms with Crippen LogP contribution in [0.4, 0.5) is 20.3 Å². The number of halogens is 2.